The molecule has 1 N–H and O–H groups in total. The zero-order valence-electron chi connectivity index (χ0n) is 14.5. The highest BCUT2D eigenvalue weighted by Gasteiger charge is 2.17. The Labute approximate surface area is 146 Å². The molecule has 0 fully saturated rings. The van der Waals surface area contributed by atoms with Crippen LogP contribution in [-0.2, 0) is 6.42 Å². The van der Waals surface area contributed by atoms with Crippen LogP contribution >= 0.6 is 0 Å². The lowest BCUT2D eigenvalue weighted by Gasteiger charge is -2.13. The maximum Gasteiger partial charge on any atom is 0.347 e. The van der Waals surface area contributed by atoms with E-state index in [-0.39, 0.29) is 11.1 Å². The Morgan fingerprint density at radius 3 is 2.56 bits per heavy atom. The second-order valence-electron chi connectivity index (χ2n) is 6.11. The number of methoxy groups -OCH3 is 1. The number of allylic oxidation sites excluding steroid dienone is 2. The number of ether oxygens (including phenoxy) is 1. The van der Waals surface area contributed by atoms with E-state index < -0.39 is 5.63 Å². The van der Waals surface area contributed by atoms with Gasteiger partial charge in [0.2, 0.25) is 0 Å². The second kappa shape index (κ2) is 6.85. The predicted molar refractivity (Wildman–Crippen MR) is 99.3 cm³/mol. The highest BCUT2D eigenvalue weighted by Crippen LogP contribution is 2.36. The summed E-state index contributed by atoms with van der Waals surface area (Å²) in [5, 5.41) is 11.1. The van der Waals surface area contributed by atoms with Crippen molar-refractivity contribution in [1.29, 1.82) is 0 Å². The minimum atomic E-state index is -0.560. The molecule has 0 atom stereocenters. The Hall–Kier alpha value is -3.01. The van der Waals surface area contributed by atoms with Gasteiger partial charge >= 0.3 is 5.63 Å². The minimum absolute atomic E-state index is 0.138. The number of hydrogen-bond acceptors (Lipinski definition) is 4. The van der Waals surface area contributed by atoms with E-state index in [1.54, 1.807) is 13.2 Å². The van der Waals surface area contributed by atoms with Crippen LogP contribution in [-0.4, -0.2) is 12.2 Å². The van der Waals surface area contributed by atoms with Gasteiger partial charge in [-0.25, -0.2) is 4.79 Å². The molecular formula is C21H20O4. The largest absolute Gasteiger partial charge is 0.507 e. The van der Waals surface area contributed by atoms with Crippen LogP contribution in [0.3, 0.4) is 0 Å². The summed E-state index contributed by atoms with van der Waals surface area (Å²) in [6.07, 6.45) is 2.66. The summed E-state index contributed by atoms with van der Waals surface area (Å²) in [7, 11) is 1.55. The molecule has 4 nitrogen and oxygen atoms in total. The van der Waals surface area contributed by atoms with E-state index in [1.807, 2.05) is 44.2 Å². The highest BCUT2D eigenvalue weighted by atomic mass is 16.5. The molecular weight excluding hydrogens is 316 g/mol. The quantitative estimate of drug-likeness (QED) is 0.703. The Balaban J connectivity index is 2.34. The molecule has 0 aliphatic rings. The number of hydrogen-bond donors (Lipinski definition) is 1. The third-order valence-corrected chi connectivity index (χ3v) is 4.09. The van der Waals surface area contributed by atoms with Crippen molar-refractivity contribution in [3.05, 3.63) is 70.1 Å². The van der Waals surface area contributed by atoms with E-state index in [4.69, 9.17) is 9.15 Å². The van der Waals surface area contributed by atoms with Crippen molar-refractivity contribution in [2.24, 2.45) is 0 Å². The molecule has 0 radical (unpaired) electrons. The second-order valence-corrected chi connectivity index (χ2v) is 6.11. The number of phenolic OH excluding ortho intramolecular Hbond substituents is 1. The Morgan fingerprint density at radius 1 is 1.20 bits per heavy atom. The van der Waals surface area contributed by atoms with Gasteiger partial charge < -0.3 is 14.3 Å². The fraction of sp³-hybridized carbons (Fsp3) is 0.190. The van der Waals surface area contributed by atoms with Crippen molar-refractivity contribution in [2.75, 3.05) is 7.11 Å². The van der Waals surface area contributed by atoms with Crippen LogP contribution in [0.4, 0.5) is 0 Å². The normalized spacial score (nSPS) is 10.7. The fourth-order valence-electron chi connectivity index (χ4n) is 2.83. The van der Waals surface area contributed by atoms with Gasteiger partial charge in [0.05, 0.1) is 7.11 Å². The summed E-state index contributed by atoms with van der Waals surface area (Å²) in [6.45, 7) is 4.03. The molecule has 0 saturated carbocycles. The highest BCUT2D eigenvalue weighted by molar-refractivity contribution is 5.93. The summed E-state index contributed by atoms with van der Waals surface area (Å²) < 4.78 is 10.9. The first-order chi connectivity index (χ1) is 12.0. The van der Waals surface area contributed by atoms with Crippen LogP contribution < -0.4 is 10.4 Å². The average molecular weight is 336 g/mol. The van der Waals surface area contributed by atoms with Gasteiger partial charge in [0.1, 0.15) is 22.6 Å². The molecule has 128 valence electrons. The molecule has 3 aromatic rings. The maximum atomic E-state index is 12.5. The number of phenols is 1. The first kappa shape index (κ1) is 16.8. The summed E-state index contributed by atoms with van der Waals surface area (Å²) in [6, 6.07) is 12.7. The van der Waals surface area contributed by atoms with E-state index >= 15 is 0 Å². The van der Waals surface area contributed by atoms with Gasteiger partial charge in [0.15, 0.2) is 0 Å². The molecule has 4 heteroatoms. The molecule has 0 aliphatic heterocycles. The fourth-order valence-corrected chi connectivity index (χ4v) is 2.83. The van der Waals surface area contributed by atoms with Crippen molar-refractivity contribution in [1.82, 2.24) is 0 Å². The Morgan fingerprint density at radius 2 is 1.92 bits per heavy atom. The van der Waals surface area contributed by atoms with E-state index in [0.717, 1.165) is 16.7 Å². The molecule has 0 unspecified atom stereocenters. The summed E-state index contributed by atoms with van der Waals surface area (Å²) >= 11 is 0. The topological polar surface area (TPSA) is 59.7 Å². The molecule has 0 spiro atoms. The molecule has 25 heavy (non-hydrogen) atoms. The van der Waals surface area contributed by atoms with Crippen molar-refractivity contribution in [3.8, 4) is 22.8 Å². The number of aromatic hydroxyl groups is 1. The van der Waals surface area contributed by atoms with Crippen LogP contribution in [0.25, 0.3) is 22.1 Å². The summed E-state index contributed by atoms with van der Waals surface area (Å²) in [5.74, 6) is 0.873. The van der Waals surface area contributed by atoms with Gasteiger partial charge in [-0.15, -0.1) is 0 Å². The Bertz CT molecular complexity index is 994. The molecule has 1 aromatic heterocycles. The van der Waals surface area contributed by atoms with Gasteiger partial charge in [-0.2, -0.15) is 0 Å². The monoisotopic (exact) mass is 336 g/mol. The first-order valence-electron chi connectivity index (χ1n) is 8.06. The summed E-state index contributed by atoms with van der Waals surface area (Å²) in [4.78, 5) is 12.5. The third-order valence-electron chi connectivity index (χ3n) is 4.09. The lowest BCUT2D eigenvalue weighted by molar-refractivity contribution is 0.405. The molecule has 0 aliphatic carbocycles. The SMILES string of the molecule is COc1cc(O)c2c(=O)oc(-c3ccccc3)cc2c1CC=C(C)C. The van der Waals surface area contributed by atoms with Crippen LogP contribution in [0, 0.1) is 0 Å². The maximum absolute atomic E-state index is 12.5. The van der Waals surface area contributed by atoms with Gasteiger partial charge in [-0.1, -0.05) is 42.0 Å². The zero-order valence-corrected chi connectivity index (χ0v) is 14.5. The summed E-state index contributed by atoms with van der Waals surface area (Å²) in [5.41, 5.74) is 2.25. The van der Waals surface area contributed by atoms with Crippen molar-refractivity contribution < 1.29 is 14.3 Å². The van der Waals surface area contributed by atoms with Crippen LogP contribution in [0.2, 0.25) is 0 Å². The molecule has 1 heterocycles. The van der Waals surface area contributed by atoms with Crippen molar-refractivity contribution in [2.45, 2.75) is 20.3 Å². The standard InChI is InChI=1S/C21H20O4/c1-13(2)9-10-15-16-11-18(14-7-5-4-6-8-14)25-21(23)20(16)17(22)12-19(15)24-3/h4-9,11-12,22H,10H2,1-3H3. The van der Waals surface area contributed by atoms with E-state index in [9.17, 15) is 9.90 Å². The lowest BCUT2D eigenvalue weighted by atomic mass is 9.99. The third kappa shape index (κ3) is 3.29. The van der Waals surface area contributed by atoms with Crippen molar-refractivity contribution in [3.63, 3.8) is 0 Å². The minimum Gasteiger partial charge on any atom is -0.507 e. The van der Waals surface area contributed by atoms with Gasteiger partial charge in [-0.3, -0.25) is 0 Å². The van der Waals surface area contributed by atoms with Crippen LogP contribution in [0.5, 0.6) is 11.5 Å². The first-order valence-corrected chi connectivity index (χ1v) is 8.06. The predicted octanol–water partition coefficient (Wildman–Crippen LogP) is 4.68. The molecule has 0 bridgehead atoms. The van der Waals surface area contributed by atoms with Gasteiger partial charge in [0.25, 0.3) is 0 Å². The zero-order chi connectivity index (χ0) is 18.0. The molecule has 0 amide bonds. The van der Waals surface area contributed by atoms with Crippen LogP contribution in [0.1, 0.15) is 19.4 Å². The number of fused-ring (bicyclic) bond motifs is 1. The van der Waals surface area contributed by atoms with E-state index in [1.165, 1.54) is 6.07 Å². The molecule has 3 rings (SSSR count). The van der Waals surface area contributed by atoms with Crippen molar-refractivity contribution >= 4 is 10.8 Å². The lowest BCUT2D eigenvalue weighted by Crippen LogP contribution is -2.04. The van der Waals surface area contributed by atoms with E-state index in [2.05, 4.69) is 6.08 Å². The molecule has 2 aromatic carbocycles. The van der Waals surface area contributed by atoms with Gasteiger partial charge in [-0.05, 0) is 26.3 Å². The average Bonchev–Trinajstić information content (AvgIpc) is 2.60. The Kier molecular flexibility index (Phi) is 4.61. The number of benzene rings is 2. The van der Waals surface area contributed by atoms with E-state index in [0.29, 0.717) is 23.3 Å². The molecule has 0 saturated heterocycles. The number of rotatable bonds is 4. The van der Waals surface area contributed by atoms with Gasteiger partial charge in [0, 0.05) is 22.6 Å². The van der Waals surface area contributed by atoms with Crippen LogP contribution in [0.15, 0.2) is 63.3 Å². The smallest absolute Gasteiger partial charge is 0.347 e.